The van der Waals surface area contributed by atoms with Gasteiger partial charge in [0.15, 0.2) is 11.5 Å². The molecule has 0 radical (unpaired) electrons. The fraction of sp³-hybridized carbons (Fsp3) is 0.381. The average Bonchev–Trinajstić information content (AvgIpc) is 3.12. The number of halogens is 1. The van der Waals surface area contributed by atoms with Crippen molar-refractivity contribution in [2.45, 2.75) is 45.5 Å². The number of carbonyl (C=O) groups excluding carboxylic acids is 1. The zero-order valence-corrected chi connectivity index (χ0v) is 18.2. The van der Waals surface area contributed by atoms with Crippen LogP contribution in [0.5, 0.6) is 0 Å². The van der Waals surface area contributed by atoms with Crippen LogP contribution in [0.3, 0.4) is 0 Å². The second-order valence-corrected chi connectivity index (χ2v) is 8.22. The average molecular weight is 440 g/mol. The summed E-state index contributed by atoms with van der Waals surface area (Å²) in [6.07, 6.45) is 1.26. The normalized spacial score (nSPS) is 12.6. The molecular weight excluding hydrogens is 415 g/mol. The van der Waals surface area contributed by atoms with Crippen LogP contribution in [-0.4, -0.2) is 55.1 Å². The molecule has 168 valence electrons. The molecule has 0 saturated carbocycles. The monoisotopic (exact) mass is 440 g/mol. The summed E-state index contributed by atoms with van der Waals surface area (Å²) in [6, 6.07) is 5.18. The van der Waals surface area contributed by atoms with E-state index in [4.69, 9.17) is 11.0 Å². The molecule has 3 rings (SSSR count). The molecule has 5 N–H and O–H groups in total. The molecule has 1 atom stereocenters. The number of amides is 1. The van der Waals surface area contributed by atoms with Gasteiger partial charge in [-0.3, -0.25) is 4.79 Å². The number of carbonyl (C=O) groups is 1. The number of rotatable bonds is 7. The number of nitrogen functional groups attached to an aromatic ring is 1. The first-order chi connectivity index (χ1) is 15.0. The van der Waals surface area contributed by atoms with Crippen molar-refractivity contribution in [1.29, 1.82) is 5.26 Å². The van der Waals surface area contributed by atoms with E-state index in [0.717, 1.165) is 0 Å². The summed E-state index contributed by atoms with van der Waals surface area (Å²) in [7, 11) is 0. The highest BCUT2D eigenvalue weighted by Gasteiger charge is 2.27. The van der Waals surface area contributed by atoms with Crippen LogP contribution >= 0.6 is 0 Å². The Morgan fingerprint density at radius 3 is 2.72 bits per heavy atom. The van der Waals surface area contributed by atoms with E-state index in [-0.39, 0.29) is 29.5 Å². The zero-order valence-electron chi connectivity index (χ0n) is 18.2. The summed E-state index contributed by atoms with van der Waals surface area (Å²) < 4.78 is 15.5. The highest BCUT2D eigenvalue weighted by molar-refractivity contribution is 5.99. The Bertz CT molecular complexity index is 1190. The van der Waals surface area contributed by atoms with Crippen molar-refractivity contribution in [1.82, 2.24) is 25.1 Å². The van der Waals surface area contributed by atoms with E-state index in [1.807, 2.05) is 19.9 Å². The second-order valence-electron chi connectivity index (χ2n) is 8.22. The van der Waals surface area contributed by atoms with Gasteiger partial charge in [-0.1, -0.05) is 0 Å². The van der Waals surface area contributed by atoms with Gasteiger partial charge in [0.05, 0.1) is 35.2 Å². The van der Waals surface area contributed by atoms with Crippen molar-refractivity contribution >= 4 is 28.4 Å². The molecule has 3 heterocycles. The smallest absolute Gasteiger partial charge is 0.255 e. The van der Waals surface area contributed by atoms with Crippen molar-refractivity contribution in [2.75, 3.05) is 17.6 Å². The van der Waals surface area contributed by atoms with Crippen LogP contribution in [-0.2, 0) is 0 Å². The van der Waals surface area contributed by atoms with Crippen LogP contribution < -0.4 is 16.4 Å². The third kappa shape index (κ3) is 4.76. The van der Waals surface area contributed by atoms with Crippen LogP contribution in [0.1, 0.15) is 43.6 Å². The van der Waals surface area contributed by atoms with E-state index < -0.39 is 17.7 Å². The van der Waals surface area contributed by atoms with Gasteiger partial charge in [0, 0.05) is 23.7 Å². The predicted octanol–water partition coefficient (Wildman–Crippen LogP) is 1.93. The van der Waals surface area contributed by atoms with E-state index >= 15 is 0 Å². The Morgan fingerprint density at radius 1 is 1.38 bits per heavy atom. The minimum absolute atomic E-state index is 0.0107. The van der Waals surface area contributed by atoms with Crippen molar-refractivity contribution in [3.05, 3.63) is 35.7 Å². The molecule has 0 aromatic carbocycles. The van der Waals surface area contributed by atoms with Gasteiger partial charge in [-0.05, 0) is 33.8 Å². The summed E-state index contributed by atoms with van der Waals surface area (Å²) in [5.74, 6) is -0.0903. The largest absolute Gasteiger partial charge is 0.387 e. The number of nitrogens with two attached hydrogens (primary N) is 1. The van der Waals surface area contributed by atoms with Gasteiger partial charge in [0.25, 0.3) is 5.91 Å². The van der Waals surface area contributed by atoms with Crippen LogP contribution in [0.4, 0.5) is 15.9 Å². The third-order valence-corrected chi connectivity index (χ3v) is 4.70. The van der Waals surface area contributed by atoms with Crippen LogP contribution in [0, 0.1) is 11.3 Å². The Kier molecular flexibility index (Phi) is 6.27. The summed E-state index contributed by atoms with van der Waals surface area (Å²) in [5.41, 5.74) is 5.60. The lowest BCUT2D eigenvalue weighted by Gasteiger charge is -2.23. The number of pyridine rings is 2. The molecule has 10 nitrogen and oxygen atoms in total. The lowest BCUT2D eigenvalue weighted by atomic mass is 10.0. The molecule has 1 unspecified atom stereocenters. The van der Waals surface area contributed by atoms with Gasteiger partial charge in [0.2, 0.25) is 0 Å². The number of nitrogens with one attached hydrogen (secondary N) is 2. The van der Waals surface area contributed by atoms with Crippen molar-refractivity contribution < 1.29 is 14.3 Å². The molecule has 0 aliphatic heterocycles. The quantitative estimate of drug-likeness (QED) is 0.434. The summed E-state index contributed by atoms with van der Waals surface area (Å²) in [5, 5.41) is 29.4. The van der Waals surface area contributed by atoms with Gasteiger partial charge < -0.3 is 21.5 Å². The fourth-order valence-electron chi connectivity index (χ4n) is 2.93. The van der Waals surface area contributed by atoms with Gasteiger partial charge in [-0.15, -0.1) is 0 Å². The Labute approximate surface area is 184 Å². The fourth-order valence-corrected chi connectivity index (χ4v) is 2.93. The predicted molar refractivity (Wildman–Crippen MR) is 118 cm³/mol. The molecule has 0 saturated heterocycles. The number of anilines is 2. The summed E-state index contributed by atoms with van der Waals surface area (Å²) in [4.78, 5) is 21.3. The zero-order chi connectivity index (χ0) is 23.6. The molecule has 0 aliphatic rings. The van der Waals surface area contributed by atoms with Crippen molar-refractivity contribution in [3.63, 3.8) is 0 Å². The maximum atomic E-state index is 14.0. The Hall–Kier alpha value is -3.78. The minimum Gasteiger partial charge on any atom is -0.387 e. The maximum Gasteiger partial charge on any atom is 0.255 e. The number of alkyl halides is 1. The molecule has 11 heteroatoms. The standard InChI is InChI=1S/C21H25FN8O2/c1-11(2)28-15-6-17(25-9-14(15)20(31)26-10-16(22)21(3,4)32)30-19-13(8-27-30)5-12(7-23)18(24)29-19/h5-6,8-9,11,16,32H,10H2,1-4H3,(H2,24,29)(H,25,28)(H,26,31). The van der Waals surface area contributed by atoms with Crippen LogP contribution in [0.2, 0.25) is 0 Å². The second kappa shape index (κ2) is 8.76. The first-order valence-electron chi connectivity index (χ1n) is 9.97. The molecule has 1 amide bonds. The first kappa shape index (κ1) is 22.9. The summed E-state index contributed by atoms with van der Waals surface area (Å²) in [6.45, 7) is 6.13. The van der Waals surface area contributed by atoms with E-state index in [1.165, 1.54) is 24.7 Å². The van der Waals surface area contributed by atoms with E-state index in [9.17, 15) is 14.3 Å². The van der Waals surface area contributed by atoms with Crippen molar-refractivity contribution in [3.8, 4) is 11.9 Å². The molecule has 0 fully saturated rings. The van der Waals surface area contributed by atoms with Crippen LogP contribution in [0.15, 0.2) is 24.5 Å². The SMILES string of the molecule is CC(C)Nc1cc(-n2ncc3cc(C#N)c(N)nc32)ncc1C(=O)NCC(F)C(C)(C)O. The highest BCUT2D eigenvalue weighted by Crippen LogP contribution is 2.24. The first-order valence-corrected chi connectivity index (χ1v) is 9.97. The number of nitrogens with zero attached hydrogens (tertiary/aromatic N) is 5. The maximum absolute atomic E-state index is 14.0. The topological polar surface area (TPSA) is 155 Å². The van der Waals surface area contributed by atoms with Gasteiger partial charge in [-0.2, -0.15) is 15.0 Å². The highest BCUT2D eigenvalue weighted by atomic mass is 19.1. The lowest BCUT2D eigenvalue weighted by molar-refractivity contribution is -0.00177. The third-order valence-electron chi connectivity index (χ3n) is 4.70. The Balaban J connectivity index is 1.97. The van der Waals surface area contributed by atoms with E-state index in [1.54, 1.807) is 18.3 Å². The molecule has 0 bridgehead atoms. The summed E-state index contributed by atoms with van der Waals surface area (Å²) >= 11 is 0. The molecule has 0 spiro atoms. The number of hydrogen-bond donors (Lipinski definition) is 4. The van der Waals surface area contributed by atoms with Crippen molar-refractivity contribution in [2.24, 2.45) is 0 Å². The number of fused-ring (bicyclic) bond motifs is 1. The van der Waals surface area contributed by atoms with E-state index in [2.05, 4.69) is 25.7 Å². The molecule has 32 heavy (non-hydrogen) atoms. The molecule has 3 aromatic rings. The molecule has 3 aromatic heterocycles. The van der Waals surface area contributed by atoms with Gasteiger partial charge >= 0.3 is 0 Å². The number of aromatic nitrogens is 4. The number of nitriles is 1. The van der Waals surface area contributed by atoms with Gasteiger partial charge in [-0.25, -0.2) is 14.4 Å². The van der Waals surface area contributed by atoms with E-state index in [0.29, 0.717) is 22.5 Å². The lowest BCUT2D eigenvalue weighted by Crippen LogP contribution is -2.42. The molecular formula is C21H25FN8O2. The Morgan fingerprint density at radius 2 is 2.09 bits per heavy atom. The van der Waals surface area contributed by atoms with Gasteiger partial charge in [0.1, 0.15) is 18.1 Å². The number of hydrogen-bond acceptors (Lipinski definition) is 8. The number of aliphatic hydroxyl groups is 1. The van der Waals surface area contributed by atoms with Crippen LogP contribution in [0.25, 0.3) is 16.9 Å². The molecule has 0 aliphatic carbocycles. The minimum atomic E-state index is -1.63.